The number of carbonyl (C=O) groups is 2. The van der Waals surface area contributed by atoms with E-state index in [9.17, 15) is 44.4 Å². The van der Waals surface area contributed by atoms with Gasteiger partial charge in [-0.05, 0) is 140 Å². The second-order valence-electron chi connectivity index (χ2n) is 25.4. The Kier molecular flexibility index (Phi) is 22.4. The number of nitrogens with two attached hydrogens (primary N) is 1. The fraction of sp³-hybridized carbons (Fsp3) is 0.522. The number of nitrogens with zero attached hydrogens (tertiary/aromatic N) is 12. The maximum absolute atomic E-state index is 14.6. The van der Waals surface area contributed by atoms with Crippen molar-refractivity contribution in [2.24, 2.45) is 23.5 Å². The highest BCUT2D eigenvalue weighted by atomic mass is 32.1. The number of aryl methyl sites for hydroxylation is 4. The summed E-state index contributed by atoms with van der Waals surface area (Å²) in [5.41, 5.74) is 4.78. The number of hydrogen-bond acceptors (Lipinski definition) is 17. The van der Waals surface area contributed by atoms with Crippen LogP contribution in [0.15, 0.2) is 92.5 Å². The Hall–Kier alpha value is -8.00. The molecular weight excluding hydrogens is 1190 g/mol. The van der Waals surface area contributed by atoms with Gasteiger partial charge in [-0.3, -0.25) is 23.5 Å². The molecular formula is C67H85N13O9S2. The SMILES string of the molecule is CC(C)N.CCc1ccccc1[C@H](Cn1c(=O)n(C(C)(C)C(=O)CC(C)C)c(=O)c2c(C)c(-n3nccn3)sc21)OC1CCC(C#N)CC1.CCc1ccccc1[C@H](Cn1c(=O)n(C(C)(C)C(=O)O)c(=O)c2c(C)c(-n3nccn3)sc21)OC1CCC(C#N)CC1. The van der Waals surface area contributed by atoms with Crippen molar-refractivity contribution in [2.45, 2.75) is 208 Å². The van der Waals surface area contributed by atoms with Gasteiger partial charge < -0.3 is 20.3 Å². The molecule has 6 aromatic heterocycles. The summed E-state index contributed by atoms with van der Waals surface area (Å²) in [5, 5.41) is 47.7. The summed E-state index contributed by atoms with van der Waals surface area (Å²) in [6.07, 6.45) is 12.7. The minimum atomic E-state index is -1.81. The third kappa shape index (κ3) is 14.8. The number of ether oxygens (including phenoxy) is 2. The Balaban J connectivity index is 0.000000222. The maximum atomic E-state index is 14.6. The van der Waals surface area contributed by atoms with Gasteiger partial charge in [0.1, 0.15) is 42.9 Å². The molecule has 0 radical (unpaired) electrons. The lowest BCUT2D eigenvalue weighted by Gasteiger charge is -2.31. The van der Waals surface area contributed by atoms with Crippen LogP contribution in [0.25, 0.3) is 30.4 Å². The van der Waals surface area contributed by atoms with Crippen molar-refractivity contribution in [1.29, 1.82) is 10.5 Å². The average Bonchev–Trinajstić information content (AvgIpc) is 1.53. The van der Waals surface area contributed by atoms with E-state index in [0.717, 1.165) is 95.6 Å². The molecule has 0 aliphatic heterocycles. The second kappa shape index (κ2) is 29.5. The molecule has 2 fully saturated rings. The van der Waals surface area contributed by atoms with Crippen molar-refractivity contribution in [2.75, 3.05) is 0 Å². The minimum absolute atomic E-state index is 0.0127. The molecule has 2 aliphatic carbocycles. The van der Waals surface area contributed by atoms with Crippen LogP contribution in [0.5, 0.6) is 0 Å². The van der Waals surface area contributed by atoms with Gasteiger partial charge in [-0.15, -0.1) is 9.59 Å². The third-order valence-electron chi connectivity index (χ3n) is 17.2. The van der Waals surface area contributed by atoms with Crippen LogP contribution >= 0.6 is 22.7 Å². The van der Waals surface area contributed by atoms with Crippen LogP contribution in [0.3, 0.4) is 0 Å². The molecule has 2 atom stereocenters. The smallest absolute Gasteiger partial charge is 0.333 e. The van der Waals surface area contributed by atoms with E-state index >= 15 is 0 Å². The summed E-state index contributed by atoms with van der Waals surface area (Å²) in [7, 11) is 0. The molecule has 6 heterocycles. The van der Waals surface area contributed by atoms with E-state index < -0.39 is 51.8 Å². The number of aromatic nitrogens is 10. The number of nitriles is 2. The zero-order valence-corrected chi connectivity index (χ0v) is 55.8. The van der Waals surface area contributed by atoms with Crippen LogP contribution in [0, 0.1) is 54.3 Å². The van der Waals surface area contributed by atoms with Gasteiger partial charge in [0, 0.05) is 29.4 Å². The van der Waals surface area contributed by atoms with Gasteiger partial charge in [-0.1, -0.05) is 113 Å². The van der Waals surface area contributed by atoms with Gasteiger partial charge in [-0.2, -0.15) is 30.9 Å². The van der Waals surface area contributed by atoms with Gasteiger partial charge in [-0.25, -0.2) is 23.5 Å². The zero-order valence-electron chi connectivity index (χ0n) is 54.2. The van der Waals surface area contributed by atoms with E-state index in [2.05, 4.69) is 52.4 Å². The number of rotatable bonds is 20. The number of thiophene rings is 2. The summed E-state index contributed by atoms with van der Waals surface area (Å²) in [5.74, 6) is -1.36. The van der Waals surface area contributed by atoms with Crippen LogP contribution in [0.2, 0.25) is 0 Å². The lowest BCUT2D eigenvalue weighted by Crippen LogP contribution is -2.53. The molecule has 0 unspecified atom stereocenters. The molecule has 24 heteroatoms. The van der Waals surface area contributed by atoms with Crippen molar-refractivity contribution in [3.63, 3.8) is 0 Å². The standard InChI is InChI=1S/C34H42N6O4S.C30H34N6O5S.C3H9N/c1-7-24-10-8-9-11-26(24)27(44-25-14-12-23(19-35)13-15-25)20-38-32-29(22(4)31(45-32)40-36-16-17-37-40)30(42)39(33(38)43)34(5,6)28(41)18-21(2)3;1-5-20-8-6-7-9-22(20)23(41-21-12-10-19(16-31)11-13-21)17-34-27-24(18(2)26(42-27)36-32-14-15-33-36)25(37)35(29(34)40)30(3,4)28(38)39;1-3(2)4/h8-11,16-17,21,23,25,27H,7,12-15,18,20H2,1-6H3;6-9,14-15,19,21,23H,5,10-13,17H2,1-4H3,(H,38,39);3H,4H2,1-2H3/t23?,25?,27-;19?,21?,23-;/m00./s1. The molecule has 0 bridgehead atoms. The number of Topliss-reactive ketones (excluding diaryl/α,β-unsaturated/α-hetero) is 1. The van der Waals surface area contributed by atoms with Gasteiger partial charge in [0.2, 0.25) is 0 Å². The molecule has 484 valence electrons. The predicted molar refractivity (Wildman–Crippen MR) is 352 cm³/mol. The van der Waals surface area contributed by atoms with E-state index in [-0.39, 0.29) is 60.6 Å². The summed E-state index contributed by atoms with van der Waals surface area (Å²) in [6.45, 7) is 21.7. The number of carbonyl (C=O) groups excluding carboxylic acids is 1. The average molecular weight is 1280 g/mol. The number of ketones is 1. The molecule has 91 heavy (non-hydrogen) atoms. The van der Waals surface area contributed by atoms with Gasteiger partial charge >= 0.3 is 17.3 Å². The topological polar surface area (TPSA) is 296 Å². The van der Waals surface area contributed by atoms with Crippen LogP contribution in [0.1, 0.15) is 173 Å². The monoisotopic (exact) mass is 1280 g/mol. The normalized spacial score (nSPS) is 17.6. The van der Waals surface area contributed by atoms with E-state index in [1.165, 1.54) is 63.1 Å². The number of benzene rings is 2. The molecule has 0 amide bonds. The minimum Gasteiger partial charge on any atom is -0.480 e. The highest BCUT2D eigenvalue weighted by Gasteiger charge is 2.39. The molecule has 3 N–H and O–H groups in total. The van der Waals surface area contributed by atoms with E-state index in [4.69, 9.17) is 15.2 Å². The van der Waals surface area contributed by atoms with Crippen molar-refractivity contribution in [3.8, 4) is 22.1 Å². The van der Waals surface area contributed by atoms with Crippen molar-refractivity contribution < 1.29 is 24.2 Å². The summed E-state index contributed by atoms with van der Waals surface area (Å²) in [6, 6.07) is 21.1. The first-order valence-corrected chi connectivity index (χ1v) is 33.0. The number of hydrogen-bond donors (Lipinski definition) is 2. The number of carboxylic acids is 1. The number of aliphatic carboxylic acids is 1. The Morgan fingerprint density at radius 1 is 0.626 bits per heavy atom. The Morgan fingerprint density at radius 2 is 0.978 bits per heavy atom. The zero-order chi connectivity index (χ0) is 66.2. The molecule has 2 aromatic carbocycles. The Labute approximate surface area is 537 Å². The summed E-state index contributed by atoms with van der Waals surface area (Å²) in [4.78, 5) is 86.6. The molecule has 0 saturated heterocycles. The molecule has 0 spiro atoms. The number of carboxylic acid groups (broad SMARTS) is 1. The lowest BCUT2D eigenvalue weighted by atomic mass is 9.88. The van der Waals surface area contributed by atoms with E-state index in [0.29, 0.717) is 42.2 Å². The quantitative estimate of drug-likeness (QED) is 0.0717. The predicted octanol–water partition coefficient (Wildman–Crippen LogP) is 10.6. The highest BCUT2D eigenvalue weighted by Crippen LogP contribution is 2.38. The first-order valence-electron chi connectivity index (χ1n) is 31.4. The van der Waals surface area contributed by atoms with E-state index in [1.54, 1.807) is 37.7 Å². The maximum Gasteiger partial charge on any atom is 0.333 e. The van der Waals surface area contributed by atoms with Gasteiger partial charge in [0.05, 0.1) is 73.0 Å². The van der Waals surface area contributed by atoms with Gasteiger partial charge in [0.15, 0.2) is 5.78 Å². The van der Waals surface area contributed by atoms with Crippen LogP contribution in [-0.2, 0) is 56.1 Å². The summed E-state index contributed by atoms with van der Waals surface area (Å²) >= 11 is 2.49. The van der Waals surface area contributed by atoms with Crippen molar-refractivity contribution in [3.05, 3.63) is 148 Å². The lowest BCUT2D eigenvalue weighted by molar-refractivity contribution is -0.146. The molecule has 22 nitrogen and oxygen atoms in total. The summed E-state index contributed by atoms with van der Waals surface area (Å²) < 4.78 is 18.6. The first kappa shape index (κ1) is 68.9. The second-order valence-corrected chi connectivity index (χ2v) is 27.3. The Bertz CT molecular complexity index is 4190. The van der Waals surface area contributed by atoms with E-state index in [1.807, 2.05) is 77.1 Å². The molecule has 2 aliphatic rings. The largest absolute Gasteiger partial charge is 0.480 e. The van der Waals surface area contributed by atoms with Crippen molar-refractivity contribution >= 4 is 54.9 Å². The molecule has 10 rings (SSSR count). The van der Waals surface area contributed by atoms with Crippen LogP contribution < -0.4 is 28.2 Å². The third-order valence-corrected chi connectivity index (χ3v) is 19.7. The molecule has 2 saturated carbocycles. The molecule has 8 aromatic rings. The van der Waals surface area contributed by atoms with Crippen LogP contribution in [0.4, 0.5) is 0 Å². The van der Waals surface area contributed by atoms with Crippen molar-refractivity contribution in [1.82, 2.24) is 48.3 Å². The number of fused-ring (bicyclic) bond motifs is 2. The Morgan fingerprint density at radius 3 is 1.31 bits per heavy atom. The van der Waals surface area contributed by atoms with Gasteiger partial charge in [0.25, 0.3) is 11.1 Å². The van der Waals surface area contributed by atoms with Crippen LogP contribution in [-0.4, -0.2) is 83.4 Å². The fourth-order valence-electron chi connectivity index (χ4n) is 12.1. The fourth-order valence-corrected chi connectivity index (χ4v) is 14.5. The highest BCUT2D eigenvalue weighted by molar-refractivity contribution is 7.21. The first-order chi connectivity index (χ1) is 43.3.